The van der Waals surface area contributed by atoms with E-state index in [4.69, 9.17) is 21.4 Å². The Balaban J connectivity index is 2.42. The van der Waals surface area contributed by atoms with Gasteiger partial charge in [0.2, 0.25) is 0 Å². The Morgan fingerprint density at radius 3 is 2.90 bits per heavy atom. The predicted octanol–water partition coefficient (Wildman–Crippen LogP) is 1.31. The second-order valence-corrected chi connectivity index (χ2v) is 4.65. The van der Waals surface area contributed by atoms with Crippen LogP contribution in [-0.2, 0) is 4.74 Å². The monoisotopic (exact) mass is 303 g/mol. The number of aliphatic hydroxyl groups excluding tert-OH is 2. The number of hydrogen-bond donors (Lipinski definition) is 2. The lowest BCUT2D eigenvalue weighted by atomic mass is 10.2. The molecule has 6 nitrogen and oxygen atoms in total. The van der Waals surface area contributed by atoms with Gasteiger partial charge in [-0.2, -0.15) is 0 Å². The molecule has 0 aromatic carbocycles. The minimum atomic E-state index is -1.68. The van der Waals surface area contributed by atoms with Gasteiger partial charge in [0, 0.05) is 6.20 Å². The van der Waals surface area contributed by atoms with Crippen molar-refractivity contribution in [2.24, 2.45) is 0 Å². The van der Waals surface area contributed by atoms with Crippen molar-refractivity contribution in [2.75, 3.05) is 13.2 Å². The van der Waals surface area contributed by atoms with Gasteiger partial charge in [0.15, 0.2) is 12.4 Å². The first-order valence-corrected chi connectivity index (χ1v) is 6.45. The van der Waals surface area contributed by atoms with Gasteiger partial charge in [-0.3, -0.25) is 0 Å². The third-order valence-corrected chi connectivity index (χ3v) is 3.15. The molecule has 0 aliphatic heterocycles. The van der Waals surface area contributed by atoms with E-state index >= 15 is 0 Å². The van der Waals surface area contributed by atoms with E-state index in [1.165, 1.54) is 17.8 Å². The third-order valence-electron chi connectivity index (χ3n) is 2.85. The zero-order valence-electron chi connectivity index (χ0n) is 10.8. The van der Waals surface area contributed by atoms with E-state index in [9.17, 15) is 9.50 Å². The highest BCUT2D eigenvalue weighted by molar-refractivity contribution is 6.33. The topological polar surface area (TPSA) is 80.4 Å². The standard InChI is InChI=1S/C12H15ClFN3O3/c1-7(19)9(14)12(20-5-4-18)17-3-2-8-10(13)15-6-16-11(8)17/h2-3,6-7,9,12,18-19H,4-5H2,1H3/t7-,9?,12?/m1/s1. The molecule has 3 atom stereocenters. The van der Waals surface area contributed by atoms with E-state index in [0.29, 0.717) is 11.0 Å². The highest BCUT2D eigenvalue weighted by Gasteiger charge is 2.29. The smallest absolute Gasteiger partial charge is 0.170 e. The Bertz CT molecular complexity index is 578. The molecule has 2 rings (SSSR count). The fraction of sp³-hybridized carbons (Fsp3) is 0.500. The van der Waals surface area contributed by atoms with E-state index in [1.807, 2.05) is 0 Å². The molecule has 0 spiro atoms. The van der Waals surface area contributed by atoms with Crippen LogP contribution in [0, 0.1) is 0 Å². The van der Waals surface area contributed by atoms with Crippen LogP contribution >= 0.6 is 11.6 Å². The van der Waals surface area contributed by atoms with Crippen LogP contribution in [0.25, 0.3) is 11.0 Å². The highest BCUT2D eigenvalue weighted by atomic mass is 35.5. The molecule has 0 amide bonds. The van der Waals surface area contributed by atoms with Crippen LogP contribution in [0.5, 0.6) is 0 Å². The van der Waals surface area contributed by atoms with E-state index in [2.05, 4.69) is 9.97 Å². The van der Waals surface area contributed by atoms with Crippen molar-refractivity contribution in [3.8, 4) is 0 Å². The van der Waals surface area contributed by atoms with Crippen molar-refractivity contribution in [3.05, 3.63) is 23.7 Å². The minimum Gasteiger partial charge on any atom is -0.394 e. The molecule has 0 radical (unpaired) electrons. The molecule has 0 bridgehead atoms. The number of fused-ring (bicyclic) bond motifs is 1. The Kier molecular flexibility index (Phi) is 4.87. The molecule has 110 valence electrons. The minimum absolute atomic E-state index is 0.0592. The number of rotatable bonds is 6. The molecule has 0 saturated heterocycles. The molecule has 8 heteroatoms. The number of alkyl halides is 1. The number of ether oxygens (including phenoxy) is 1. The normalized spacial score (nSPS) is 16.2. The first kappa shape index (κ1) is 15.1. The lowest BCUT2D eigenvalue weighted by molar-refractivity contribution is -0.0918. The van der Waals surface area contributed by atoms with Gasteiger partial charge in [0.1, 0.15) is 17.1 Å². The maximum absolute atomic E-state index is 14.2. The van der Waals surface area contributed by atoms with Gasteiger partial charge >= 0.3 is 0 Å². The second-order valence-electron chi connectivity index (χ2n) is 4.29. The molecule has 2 aromatic heterocycles. The van der Waals surface area contributed by atoms with Crippen LogP contribution in [-0.4, -0.2) is 50.2 Å². The van der Waals surface area contributed by atoms with Gasteiger partial charge in [-0.25, -0.2) is 14.4 Å². The Morgan fingerprint density at radius 2 is 2.25 bits per heavy atom. The van der Waals surface area contributed by atoms with Crippen molar-refractivity contribution >= 4 is 22.6 Å². The first-order chi connectivity index (χ1) is 9.56. The third kappa shape index (κ3) is 2.90. The van der Waals surface area contributed by atoms with Crippen LogP contribution in [0.3, 0.4) is 0 Å². The average Bonchev–Trinajstić information content (AvgIpc) is 2.84. The summed E-state index contributed by atoms with van der Waals surface area (Å²) in [5.41, 5.74) is 0.399. The van der Waals surface area contributed by atoms with Gasteiger partial charge in [0.25, 0.3) is 0 Å². The summed E-state index contributed by atoms with van der Waals surface area (Å²) in [6, 6.07) is 1.64. The van der Waals surface area contributed by atoms with Gasteiger partial charge in [0.05, 0.1) is 24.7 Å². The summed E-state index contributed by atoms with van der Waals surface area (Å²) in [6.07, 6.45) is -1.19. The van der Waals surface area contributed by atoms with E-state index in [-0.39, 0.29) is 18.4 Å². The molecule has 0 fully saturated rings. The number of hydrogen-bond acceptors (Lipinski definition) is 5. The highest BCUT2D eigenvalue weighted by Crippen LogP contribution is 2.27. The Hall–Kier alpha value is -1.28. The van der Waals surface area contributed by atoms with E-state index < -0.39 is 18.5 Å². The SMILES string of the molecule is C[C@@H](O)C(F)C(OCCO)n1ccc2c(Cl)ncnc21. The Labute approximate surface area is 119 Å². The summed E-state index contributed by atoms with van der Waals surface area (Å²) in [7, 11) is 0. The van der Waals surface area contributed by atoms with Crippen molar-refractivity contribution in [1.82, 2.24) is 14.5 Å². The fourth-order valence-corrected chi connectivity index (χ4v) is 2.07. The van der Waals surface area contributed by atoms with Gasteiger partial charge in [-0.05, 0) is 13.0 Å². The molecule has 2 aromatic rings. The predicted molar refractivity (Wildman–Crippen MR) is 71.2 cm³/mol. The second kappa shape index (κ2) is 6.45. The summed E-state index contributed by atoms with van der Waals surface area (Å²) in [4.78, 5) is 7.89. The number of halogens is 2. The molecular weight excluding hydrogens is 289 g/mol. The average molecular weight is 304 g/mol. The zero-order chi connectivity index (χ0) is 14.7. The zero-order valence-corrected chi connectivity index (χ0v) is 11.5. The quantitative estimate of drug-likeness (QED) is 0.787. The summed E-state index contributed by atoms with van der Waals surface area (Å²) < 4.78 is 20.9. The number of nitrogens with zero attached hydrogens (tertiary/aromatic N) is 3. The lowest BCUT2D eigenvalue weighted by Gasteiger charge is -2.25. The molecule has 20 heavy (non-hydrogen) atoms. The molecule has 0 aliphatic rings. The molecule has 0 aliphatic carbocycles. The van der Waals surface area contributed by atoms with Crippen LogP contribution in [0.2, 0.25) is 5.15 Å². The number of aliphatic hydroxyl groups is 2. The Morgan fingerprint density at radius 1 is 1.50 bits per heavy atom. The van der Waals surface area contributed by atoms with Crippen LogP contribution < -0.4 is 0 Å². The summed E-state index contributed by atoms with van der Waals surface area (Å²) in [5, 5.41) is 19.1. The van der Waals surface area contributed by atoms with Crippen molar-refractivity contribution < 1.29 is 19.3 Å². The van der Waals surface area contributed by atoms with Gasteiger partial charge in [-0.1, -0.05) is 11.6 Å². The molecular formula is C12H15ClFN3O3. The maximum Gasteiger partial charge on any atom is 0.170 e. The number of aromatic nitrogens is 3. The molecule has 0 saturated carbocycles. The van der Waals surface area contributed by atoms with Crippen molar-refractivity contribution in [3.63, 3.8) is 0 Å². The summed E-state index contributed by atoms with van der Waals surface area (Å²) >= 11 is 5.93. The van der Waals surface area contributed by atoms with Crippen molar-refractivity contribution in [1.29, 1.82) is 0 Å². The maximum atomic E-state index is 14.2. The largest absolute Gasteiger partial charge is 0.394 e. The lowest BCUT2D eigenvalue weighted by Crippen LogP contribution is -2.32. The molecule has 2 heterocycles. The summed E-state index contributed by atoms with van der Waals surface area (Å²) in [5.74, 6) is 0. The summed E-state index contributed by atoms with van der Waals surface area (Å²) in [6.45, 7) is 1.02. The first-order valence-electron chi connectivity index (χ1n) is 6.08. The van der Waals surface area contributed by atoms with Crippen LogP contribution in [0.1, 0.15) is 13.2 Å². The van der Waals surface area contributed by atoms with Crippen LogP contribution in [0.4, 0.5) is 4.39 Å². The fourth-order valence-electron chi connectivity index (χ4n) is 1.88. The van der Waals surface area contributed by atoms with E-state index in [1.54, 1.807) is 12.3 Å². The molecule has 2 unspecified atom stereocenters. The van der Waals surface area contributed by atoms with Gasteiger partial charge < -0.3 is 19.5 Å². The van der Waals surface area contributed by atoms with Crippen LogP contribution in [0.15, 0.2) is 18.6 Å². The molecule has 2 N–H and O–H groups in total. The van der Waals surface area contributed by atoms with E-state index in [0.717, 1.165) is 0 Å². The van der Waals surface area contributed by atoms with Crippen molar-refractivity contribution in [2.45, 2.75) is 25.4 Å². The van der Waals surface area contributed by atoms with Gasteiger partial charge in [-0.15, -0.1) is 0 Å².